The van der Waals surface area contributed by atoms with Gasteiger partial charge in [-0.1, -0.05) is 0 Å². The third kappa shape index (κ3) is 1.38. The van der Waals surface area contributed by atoms with E-state index in [0.29, 0.717) is 0 Å². The Hall–Kier alpha value is -1.53. The van der Waals surface area contributed by atoms with Gasteiger partial charge in [-0.15, -0.1) is 9.81 Å². The lowest BCUT2D eigenvalue weighted by molar-refractivity contribution is -0.157. The molecule has 0 spiro atoms. The Labute approximate surface area is 92.7 Å². The number of nitroso groups, excluding NO2 is 2. The lowest BCUT2D eigenvalue weighted by Gasteiger charge is -2.51. The van der Waals surface area contributed by atoms with Crippen molar-refractivity contribution in [3.63, 3.8) is 0 Å². The Balaban J connectivity index is 2.37. The Morgan fingerprint density at radius 1 is 0.938 bits per heavy atom. The largest absolute Gasteiger partial charge is 0.298 e. The number of ketones is 1. The van der Waals surface area contributed by atoms with Crippen molar-refractivity contribution in [2.45, 2.75) is 13.8 Å². The molecule has 7 nitrogen and oxygen atoms in total. The van der Waals surface area contributed by atoms with Gasteiger partial charge >= 0.3 is 0 Å². The minimum Gasteiger partial charge on any atom is -0.298 e. The summed E-state index contributed by atoms with van der Waals surface area (Å²) >= 11 is 0. The molecule has 0 radical (unpaired) electrons. The van der Waals surface area contributed by atoms with Crippen LogP contribution in [0.2, 0.25) is 0 Å². The number of hydrogen-bond donors (Lipinski definition) is 0. The van der Waals surface area contributed by atoms with Crippen LogP contribution in [0.15, 0.2) is 10.6 Å². The number of piperidine rings is 2. The van der Waals surface area contributed by atoms with Crippen LogP contribution in [0, 0.1) is 20.6 Å². The van der Waals surface area contributed by atoms with Crippen LogP contribution in [0.1, 0.15) is 13.8 Å². The summed E-state index contributed by atoms with van der Waals surface area (Å²) in [6.45, 7) is 4.55. The number of fused-ring (bicyclic) bond motifs is 2. The molecule has 88 valence electrons. The van der Waals surface area contributed by atoms with Crippen molar-refractivity contribution in [3.05, 3.63) is 9.81 Å². The van der Waals surface area contributed by atoms with Crippen molar-refractivity contribution >= 4 is 5.78 Å². The van der Waals surface area contributed by atoms with E-state index in [1.54, 1.807) is 13.8 Å². The molecular formula is C9H14N4O3. The van der Waals surface area contributed by atoms with Crippen LogP contribution in [-0.2, 0) is 4.79 Å². The SMILES string of the molecule is CC12CN(N=O)CC(C)(CN(N=O)C1)C2=O. The van der Waals surface area contributed by atoms with Gasteiger partial charge in [0.25, 0.3) is 0 Å². The molecule has 0 N–H and O–H groups in total. The van der Waals surface area contributed by atoms with Crippen molar-refractivity contribution in [3.8, 4) is 0 Å². The van der Waals surface area contributed by atoms with Gasteiger partial charge in [-0.25, -0.2) is 0 Å². The van der Waals surface area contributed by atoms with E-state index in [4.69, 9.17) is 0 Å². The standard InChI is InChI=1S/C9H14N4O3/c1-8-3-12(10-15)5-9(2,7(8)14)6-13(4-8)11-16/h3-6H2,1-2H3. The maximum Gasteiger partial charge on any atom is 0.151 e. The van der Waals surface area contributed by atoms with Gasteiger partial charge in [-0.3, -0.25) is 14.8 Å². The summed E-state index contributed by atoms with van der Waals surface area (Å²) in [6, 6.07) is 0. The molecule has 2 fully saturated rings. The molecule has 0 amide bonds. The van der Waals surface area contributed by atoms with Gasteiger partial charge in [0, 0.05) is 0 Å². The van der Waals surface area contributed by atoms with Crippen LogP contribution in [0.5, 0.6) is 0 Å². The number of carbonyl (C=O) groups is 1. The summed E-state index contributed by atoms with van der Waals surface area (Å²) in [5.74, 6) is 0.0970. The number of carbonyl (C=O) groups excluding carboxylic acids is 1. The number of hydrogen-bond acceptors (Lipinski definition) is 5. The van der Waals surface area contributed by atoms with E-state index in [2.05, 4.69) is 10.6 Å². The maximum atomic E-state index is 12.2. The van der Waals surface area contributed by atoms with E-state index >= 15 is 0 Å². The fraction of sp³-hybridized carbons (Fsp3) is 0.889. The molecule has 0 aliphatic carbocycles. The molecule has 0 saturated carbocycles. The van der Waals surface area contributed by atoms with E-state index in [9.17, 15) is 14.6 Å². The van der Waals surface area contributed by atoms with Crippen LogP contribution in [0.4, 0.5) is 0 Å². The smallest absolute Gasteiger partial charge is 0.151 e. The molecule has 2 aliphatic heterocycles. The third-order valence-corrected chi connectivity index (χ3v) is 3.45. The fourth-order valence-corrected chi connectivity index (χ4v) is 2.95. The molecule has 16 heavy (non-hydrogen) atoms. The highest BCUT2D eigenvalue weighted by molar-refractivity contribution is 5.92. The van der Waals surface area contributed by atoms with Gasteiger partial charge in [0.1, 0.15) is 0 Å². The fourth-order valence-electron chi connectivity index (χ4n) is 2.95. The molecule has 2 saturated heterocycles. The summed E-state index contributed by atoms with van der Waals surface area (Å²) in [4.78, 5) is 33.4. The summed E-state index contributed by atoms with van der Waals surface area (Å²) in [7, 11) is 0. The zero-order chi connectivity index (χ0) is 12.0. The van der Waals surface area contributed by atoms with Gasteiger partial charge in [-0.05, 0) is 13.8 Å². The van der Waals surface area contributed by atoms with Gasteiger partial charge in [0.15, 0.2) is 5.78 Å². The maximum absolute atomic E-state index is 12.2. The predicted molar refractivity (Wildman–Crippen MR) is 56.0 cm³/mol. The van der Waals surface area contributed by atoms with Crippen molar-refractivity contribution < 1.29 is 4.79 Å². The average Bonchev–Trinajstić information content (AvgIpc) is 2.22. The summed E-state index contributed by atoms with van der Waals surface area (Å²) in [6.07, 6.45) is 0. The van der Waals surface area contributed by atoms with Crippen LogP contribution >= 0.6 is 0 Å². The zero-order valence-corrected chi connectivity index (χ0v) is 9.34. The molecular weight excluding hydrogens is 212 g/mol. The highest BCUT2D eigenvalue weighted by Crippen LogP contribution is 2.42. The molecule has 0 unspecified atom stereocenters. The molecule has 2 heterocycles. The van der Waals surface area contributed by atoms with Crippen LogP contribution < -0.4 is 0 Å². The Bertz CT molecular complexity index is 313. The van der Waals surface area contributed by atoms with Gasteiger partial charge < -0.3 is 0 Å². The van der Waals surface area contributed by atoms with E-state index in [1.165, 1.54) is 10.0 Å². The summed E-state index contributed by atoms with van der Waals surface area (Å²) in [5.41, 5.74) is -1.46. The van der Waals surface area contributed by atoms with Gasteiger partial charge in [0.2, 0.25) is 0 Å². The molecule has 2 aliphatic rings. The normalized spacial score (nSPS) is 38.5. The first kappa shape index (κ1) is 11.0. The molecule has 2 rings (SSSR count). The second kappa shape index (κ2) is 3.23. The van der Waals surface area contributed by atoms with E-state index in [1.807, 2.05) is 0 Å². The number of rotatable bonds is 2. The Morgan fingerprint density at radius 3 is 1.50 bits per heavy atom. The van der Waals surface area contributed by atoms with Crippen molar-refractivity contribution in [2.24, 2.45) is 21.4 Å². The first-order valence-corrected chi connectivity index (χ1v) is 5.15. The highest BCUT2D eigenvalue weighted by Gasteiger charge is 2.56. The average molecular weight is 226 g/mol. The lowest BCUT2D eigenvalue weighted by atomic mass is 9.65. The van der Waals surface area contributed by atoms with E-state index in [0.717, 1.165) is 0 Å². The van der Waals surface area contributed by atoms with Crippen molar-refractivity contribution in [1.82, 2.24) is 10.0 Å². The van der Waals surface area contributed by atoms with Crippen molar-refractivity contribution in [2.75, 3.05) is 26.2 Å². The van der Waals surface area contributed by atoms with Gasteiger partial charge in [-0.2, -0.15) is 0 Å². The van der Waals surface area contributed by atoms with Crippen molar-refractivity contribution in [1.29, 1.82) is 0 Å². The second-order valence-electron chi connectivity index (χ2n) is 5.26. The topological polar surface area (TPSA) is 82.4 Å². The minimum atomic E-state index is -0.729. The lowest BCUT2D eigenvalue weighted by Crippen LogP contribution is -2.66. The quantitative estimate of drug-likeness (QED) is 0.642. The number of Topliss-reactive ketones (excluding diaryl/α,β-unsaturated/α-hetero) is 1. The van der Waals surface area contributed by atoms with Gasteiger partial charge in [0.05, 0.1) is 47.6 Å². The number of nitrogens with zero attached hydrogens (tertiary/aromatic N) is 4. The molecule has 0 aromatic heterocycles. The van der Waals surface area contributed by atoms with Crippen LogP contribution in [0.3, 0.4) is 0 Å². The minimum absolute atomic E-state index is 0.0970. The first-order chi connectivity index (χ1) is 7.43. The molecule has 0 aromatic carbocycles. The highest BCUT2D eigenvalue weighted by atomic mass is 16.3. The predicted octanol–water partition coefficient (Wildman–Crippen LogP) is 0.562. The molecule has 7 heteroatoms. The summed E-state index contributed by atoms with van der Waals surface area (Å²) < 4.78 is 0. The Morgan fingerprint density at radius 2 is 1.25 bits per heavy atom. The van der Waals surface area contributed by atoms with Crippen LogP contribution in [0.25, 0.3) is 0 Å². The molecule has 0 aromatic rings. The Kier molecular flexibility index (Phi) is 2.21. The molecule has 2 bridgehead atoms. The first-order valence-electron chi connectivity index (χ1n) is 5.15. The second-order valence-corrected chi connectivity index (χ2v) is 5.26. The monoisotopic (exact) mass is 226 g/mol. The molecule has 0 atom stereocenters. The summed E-state index contributed by atoms with van der Waals surface area (Å²) in [5, 5.41) is 8.55. The zero-order valence-electron chi connectivity index (χ0n) is 9.34. The van der Waals surface area contributed by atoms with E-state index in [-0.39, 0.29) is 32.0 Å². The third-order valence-electron chi connectivity index (χ3n) is 3.45. The van der Waals surface area contributed by atoms with E-state index < -0.39 is 10.8 Å². The van der Waals surface area contributed by atoms with Crippen LogP contribution in [-0.4, -0.2) is 42.0 Å².